The number of carbonyl (C=O) groups excluding carboxylic acids is 1. The van der Waals surface area contributed by atoms with Crippen LogP contribution in [-0.4, -0.2) is 71.2 Å². The number of benzene rings is 1. The molecule has 1 aromatic carbocycles. The SMILES string of the molecule is Nc1cc(C(=O)N2CCC[C@H](N3CCN(c4ccccc4)CC3)C2)[nH]n1. The van der Waals surface area contributed by atoms with Crippen LogP contribution in [0.1, 0.15) is 23.3 Å². The number of hydrogen-bond donors (Lipinski definition) is 2. The van der Waals surface area contributed by atoms with Gasteiger partial charge in [-0.3, -0.25) is 14.8 Å². The van der Waals surface area contributed by atoms with Crippen LogP contribution < -0.4 is 10.6 Å². The average molecular weight is 354 g/mol. The summed E-state index contributed by atoms with van der Waals surface area (Å²) >= 11 is 0. The number of aromatic amines is 1. The monoisotopic (exact) mass is 354 g/mol. The van der Waals surface area contributed by atoms with E-state index >= 15 is 0 Å². The van der Waals surface area contributed by atoms with E-state index < -0.39 is 0 Å². The molecule has 2 aliphatic heterocycles. The van der Waals surface area contributed by atoms with E-state index in [0.29, 0.717) is 17.6 Å². The van der Waals surface area contributed by atoms with E-state index in [1.807, 2.05) is 4.90 Å². The number of nitrogen functional groups attached to an aromatic ring is 1. The second kappa shape index (κ2) is 7.37. The fourth-order valence-electron chi connectivity index (χ4n) is 4.04. The van der Waals surface area contributed by atoms with Crippen LogP contribution in [0, 0.1) is 0 Å². The van der Waals surface area contributed by atoms with Gasteiger partial charge >= 0.3 is 0 Å². The molecule has 26 heavy (non-hydrogen) atoms. The third-order valence-corrected chi connectivity index (χ3v) is 5.46. The highest BCUT2D eigenvalue weighted by Gasteiger charge is 2.30. The van der Waals surface area contributed by atoms with Crippen molar-refractivity contribution in [1.82, 2.24) is 20.0 Å². The minimum atomic E-state index is 0.00169. The second-order valence-electron chi connectivity index (χ2n) is 7.11. The fraction of sp³-hybridized carbons (Fsp3) is 0.474. The minimum Gasteiger partial charge on any atom is -0.382 e. The van der Waals surface area contributed by atoms with Gasteiger partial charge in [-0.05, 0) is 25.0 Å². The number of likely N-dealkylation sites (tertiary alicyclic amines) is 1. The van der Waals surface area contributed by atoms with Gasteiger partial charge in [0.15, 0.2) is 0 Å². The van der Waals surface area contributed by atoms with E-state index in [0.717, 1.165) is 52.1 Å². The van der Waals surface area contributed by atoms with E-state index in [-0.39, 0.29) is 5.91 Å². The molecule has 2 aromatic rings. The molecule has 2 aliphatic rings. The molecular weight excluding hydrogens is 328 g/mol. The quantitative estimate of drug-likeness (QED) is 0.871. The Morgan fingerprint density at radius 2 is 1.88 bits per heavy atom. The summed E-state index contributed by atoms with van der Waals surface area (Å²) in [7, 11) is 0. The Labute approximate surface area is 153 Å². The zero-order valence-electron chi connectivity index (χ0n) is 15.0. The van der Waals surface area contributed by atoms with Gasteiger partial charge in [-0.25, -0.2) is 0 Å². The summed E-state index contributed by atoms with van der Waals surface area (Å²) in [5, 5.41) is 6.60. The molecule has 7 nitrogen and oxygen atoms in total. The molecule has 3 heterocycles. The number of piperazine rings is 1. The van der Waals surface area contributed by atoms with Crippen LogP contribution in [0.15, 0.2) is 36.4 Å². The van der Waals surface area contributed by atoms with Crippen LogP contribution >= 0.6 is 0 Å². The van der Waals surface area contributed by atoms with Crippen LogP contribution in [-0.2, 0) is 0 Å². The molecule has 0 aliphatic carbocycles. The fourth-order valence-corrected chi connectivity index (χ4v) is 4.04. The minimum absolute atomic E-state index is 0.00169. The normalized spacial score (nSPS) is 21.8. The zero-order chi connectivity index (χ0) is 17.9. The first-order chi connectivity index (χ1) is 12.7. The van der Waals surface area contributed by atoms with Gasteiger partial charge in [0.2, 0.25) is 0 Å². The van der Waals surface area contributed by atoms with Gasteiger partial charge in [-0.15, -0.1) is 0 Å². The van der Waals surface area contributed by atoms with Gasteiger partial charge in [0.25, 0.3) is 5.91 Å². The maximum atomic E-state index is 12.7. The van der Waals surface area contributed by atoms with Crippen molar-refractivity contribution in [3.05, 3.63) is 42.1 Å². The van der Waals surface area contributed by atoms with Gasteiger partial charge in [-0.1, -0.05) is 18.2 Å². The summed E-state index contributed by atoms with van der Waals surface area (Å²) in [5.74, 6) is 0.362. The highest BCUT2D eigenvalue weighted by molar-refractivity contribution is 5.93. The number of para-hydroxylation sites is 1. The van der Waals surface area contributed by atoms with Crippen molar-refractivity contribution in [2.45, 2.75) is 18.9 Å². The number of nitrogens with two attached hydrogens (primary N) is 1. The summed E-state index contributed by atoms with van der Waals surface area (Å²) in [4.78, 5) is 19.6. The number of aromatic nitrogens is 2. The molecule has 0 unspecified atom stereocenters. The summed E-state index contributed by atoms with van der Waals surface area (Å²) < 4.78 is 0. The van der Waals surface area contributed by atoms with Gasteiger partial charge in [0.05, 0.1) is 0 Å². The van der Waals surface area contributed by atoms with Gasteiger partial charge < -0.3 is 15.5 Å². The van der Waals surface area contributed by atoms with E-state index in [4.69, 9.17) is 5.73 Å². The predicted molar refractivity (Wildman–Crippen MR) is 102 cm³/mol. The van der Waals surface area contributed by atoms with Crippen molar-refractivity contribution in [3.8, 4) is 0 Å². The highest BCUT2D eigenvalue weighted by Crippen LogP contribution is 2.21. The average Bonchev–Trinajstić information content (AvgIpc) is 3.15. The smallest absolute Gasteiger partial charge is 0.271 e. The molecule has 138 valence electrons. The molecule has 0 radical (unpaired) electrons. The number of H-pyrrole nitrogens is 1. The largest absolute Gasteiger partial charge is 0.382 e. The third kappa shape index (κ3) is 3.53. The van der Waals surface area contributed by atoms with Crippen molar-refractivity contribution in [2.24, 2.45) is 0 Å². The van der Waals surface area contributed by atoms with Gasteiger partial charge in [-0.2, -0.15) is 5.10 Å². The van der Waals surface area contributed by atoms with Crippen molar-refractivity contribution >= 4 is 17.4 Å². The molecule has 7 heteroatoms. The molecule has 3 N–H and O–H groups in total. The molecule has 2 fully saturated rings. The first kappa shape index (κ1) is 16.9. The topological polar surface area (TPSA) is 81.5 Å². The van der Waals surface area contributed by atoms with E-state index in [9.17, 15) is 4.79 Å². The molecule has 0 bridgehead atoms. The van der Waals surface area contributed by atoms with Gasteiger partial charge in [0, 0.05) is 57.1 Å². The number of amides is 1. The summed E-state index contributed by atoms with van der Waals surface area (Å²) in [6.07, 6.45) is 2.19. The molecular formula is C19H26N6O. The Morgan fingerprint density at radius 3 is 2.58 bits per heavy atom. The van der Waals surface area contributed by atoms with Crippen molar-refractivity contribution in [1.29, 1.82) is 0 Å². The lowest BCUT2D eigenvalue weighted by atomic mass is 10.0. The predicted octanol–water partition coefficient (Wildman–Crippen LogP) is 1.42. The maximum Gasteiger partial charge on any atom is 0.271 e. The van der Waals surface area contributed by atoms with Crippen LogP contribution in [0.4, 0.5) is 11.5 Å². The molecule has 2 saturated heterocycles. The Kier molecular flexibility index (Phi) is 4.79. The second-order valence-corrected chi connectivity index (χ2v) is 7.11. The van der Waals surface area contributed by atoms with Crippen molar-refractivity contribution < 1.29 is 4.79 Å². The lowest BCUT2D eigenvalue weighted by Crippen LogP contribution is -2.55. The highest BCUT2D eigenvalue weighted by atomic mass is 16.2. The number of anilines is 2. The number of carbonyl (C=O) groups is 1. The van der Waals surface area contributed by atoms with E-state index in [1.165, 1.54) is 5.69 Å². The van der Waals surface area contributed by atoms with Crippen LogP contribution in [0.25, 0.3) is 0 Å². The van der Waals surface area contributed by atoms with Gasteiger partial charge in [0.1, 0.15) is 11.5 Å². The molecule has 0 saturated carbocycles. The number of rotatable bonds is 3. The molecule has 4 rings (SSSR count). The summed E-state index contributed by atoms with van der Waals surface area (Å²) in [6, 6.07) is 12.6. The standard InChI is InChI=1S/C19H26N6O/c20-18-13-17(21-22-18)19(26)25-8-4-7-16(14-25)24-11-9-23(10-12-24)15-5-2-1-3-6-15/h1-3,5-6,13,16H,4,7-12,14H2,(H3,20,21,22)/t16-/m0/s1. The maximum absolute atomic E-state index is 12.7. The molecule has 1 atom stereocenters. The summed E-state index contributed by atoms with van der Waals surface area (Å²) in [5.41, 5.74) is 7.40. The molecule has 1 aromatic heterocycles. The first-order valence-electron chi connectivity index (χ1n) is 9.35. The van der Waals surface area contributed by atoms with E-state index in [1.54, 1.807) is 6.07 Å². The van der Waals surface area contributed by atoms with Crippen molar-refractivity contribution in [3.63, 3.8) is 0 Å². The Hall–Kier alpha value is -2.54. The third-order valence-electron chi connectivity index (χ3n) is 5.46. The zero-order valence-corrected chi connectivity index (χ0v) is 15.0. The Bertz CT molecular complexity index is 737. The summed E-state index contributed by atoms with van der Waals surface area (Å²) in [6.45, 7) is 5.73. The lowest BCUT2D eigenvalue weighted by Gasteiger charge is -2.43. The number of piperidine rings is 1. The Morgan fingerprint density at radius 1 is 1.12 bits per heavy atom. The lowest BCUT2D eigenvalue weighted by molar-refractivity contribution is 0.0558. The number of nitrogens with one attached hydrogen (secondary N) is 1. The molecule has 0 spiro atoms. The Balaban J connectivity index is 1.34. The number of nitrogens with zero attached hydrogens (tertiary/aromatic N) is 4. The van der Waals surface area contributed by atoms with Crippen LogP contribution in [0.3, 0.4) is 0 Å². The van der Waals surface area contributed by atoms with Crippen LogP contribution in [0.5, 0.6) is 0 Å². The van der Waals surface area contributed by atoms with Crippen molar-refractivity contribution in [2.75, 3.05) is 49.9 Å². The molecule has 1 amide bonds. The van der Waals surface area contributed by atoms with Crippen LogP contribution in [0.2, 0.25) is 0 Å². The van der Waals surface area contributed by atoms with E-state index in [2.05, 4.69) is 50.3 Å². The number of hydrogen-bond acceptors (Lipinski definition) is 5. The first-order valence-corrected chi connectivity index (χ1v) is 9.35.